The predicted molar refractivity (Wildman–Crippen MR) is 82.2 cm³/mol. The molecule has 3 aromatic rings. The molecule has 0 amide bonds. The molecule has 104 valence electrons. The second-order valence-corrected chi connectivity index (χ2v) is 5.89. The van der Waals surface area contributed by atoms with E-state index in [0.29, 0.717) is 6.04 Å². The number of hydrogen-bond acceptors (Lipinski definition) is 4. The van der Waals surface area contributed by atoms with Crippen LogP contribution in [0.5, 0.6) is 0 Å². The van der Waals surface area contributed by atoms with Crippen LogP contribution >= 0.6 is 11.3 Å². The number of nitrogens with zero attached hydrogens (tertiary/aromatic N) is 3. The van der Waals surface area contributed by atoms with Gasteiger partial charge in [-0.3, -0.25) is 4.40 Å². The standard InChI is InChI=1S/C15H18N4S/c1-11-7-10-20-15(11)12(2)16-8-6-14-18-17-13-5-3-4-9-19(13)14/h3-5,7,9-10,12,16H,6,8H2,1-2H3. The Hall–Kier alpha value is -1.72. The fourth-order valence-corrected chi connectivity index (χ4v) is 3.34. The van der Waals surface area contributed by atoms with Crippen molar-refractivity contribution in [3.63, 3.8) is 0 Å². The highest BCUT2D eigenvalue weighted by molar-refractivity contribution is 7.10. The average Bonchev–Trinajstić information content (AvgIpc) is 3.05. The zero-order valence-corrected chi connectivity index (χ0v) is 12.5. The average molecular weight is 286 g/mol. The van der Waals surface area contributed by atoms with Crippen LogP contribution in [0.15, 0.2) is 35.8 Å². The zero-order chi connectivity index (χ0) is 13.9. The van der Waals surface area contributed by atoms with Crippen LogP contribution in [-0.2, 0) is 6.42 Å². The molecule has 0 saturated carbocycles. The smallest absolute Gasteiger partial charge is 0.160 e. The molecule has 1 atom stereocenters. The van der Waals surface area contributed by atoms with Crippen molar-refractivity contribution < 1.29 is 0 Å². The van der Waals surface area contributed by atoms with Gasteiger partial charge in [-0.25, -0.2) is 0 Å². The second-order valence-electron chi connectivity index (χ2n) is 4.94. The topological polar surface area (TPSA) is 42.2 Å². The van der Waals surface area contributed by atoms with Crippen molar-refractivity contribution in [1.82, 2.24) is 19.9 Å². The number of nitrogens with one attached hydrogen (secondary N) is 1. The molecule has 0 aromatic carbocycles. The van der Waals surface area contributed by atoms with Crippen molar-refractivity contribution in [3.05, 3.63) is 52.1 Å². The van der Waals surface area contributed by atoms with Gasteiger partial charge in [0.2, 0.25) is 0 Å². The maximum Gasteiger partial charge on any atom is 0.160 e. The van der Waals surface area contributed by atoms with E-state index < -0.39 is 0 Å². The van der Waals surface area contributed by atoms with E-state index in [0.717, 1.165) is 24.4 Å². The lowest BCUT2D eigenvalue weighted by Gasteiger charge is -2.12. The van der Waals surface area contributed by atoms with E-state index in [1.54, 1.807) is 0 Å². The van der Waals surface area contributed by atoms with Crippen LogP contribution < -0.4 is 5.32 Å². The van der Waals surface area contributed by atoms with Crippen LogP contribution in [0.3, 0.4) is 0 Å². The monoisotopic (exact) mass is 286 g/mol. The maximum absolute atomic E-state index is 4.25. The van der Waals surface area contributed by atoms with Gasteiger partial charge in [0.1, 0.15) is 5.82 Å². The number of fused-ring (bicyclic) bond motifs is 1. The van der Waals surface area contributed by atoms with Crippen molar-refractivity contribution >= 4 is 17.0 Å². The third kappa shape index (κ3) is 2.59. The first-order valence-electron chi connectivity index (χ1n) is 6.81. The van der Waals surface area contributed by atoms with Gasteiger partial charge >= 0.3 is 0 Å². The minimum Gasteiger partial charge on any atom is -0.309 e. The number of thiophene rings is 1. The molecule has 1 N–H and O–H groups in total. The highest BCUT2D eigenvalue weighted by Crippen LogP contribution is 2.23. The lowest BCUT2D eigenvalue weighted by molar-refractivity contribution is 0.574. The summed E-state index contributed by atoms with van der Waals surface area (Å²) in [5, 5.41) is 14.1. The van der Waals surface area contributed by atoms with E-state index in [9.17, 15) is 0 Å². The van der Waals surface area contributed by atoms with Crippen molar-refractivity contribution in [2.45, 2.75) is 26.3 Å². The highest BCUT2D eigenvalue weighted by Gasteiger charge is 2.10. The SMILES string of the molecule is Cc1ccsc1C(C)NCCc1nnc2ccccn12. The summed E-state index contributed by atoms with van der Waals surface area (Å²) in [5.41, 5.74) is 2.27. The summed E-state index contributed by atoms with van der Waals surface area (Å²) in [4.78, 5) is 1.41. The van der Waals surface area contributed by atoms with Crippen molar-refractivity contribution in [2.24, 2.45) is 0 Å². The first-order valence-corrected chi connectivity index (χ1v) is 7.69. The van der Waals surface area contributed by atoms with Crippen LogP contribution in [0.2, 0.25) is 0 Å². The molecule has 0 aliphatic heterocycles. The summed E-state index contributed by atoms with van der Waals surface area (Å²) >= 11 is 1.81. The summed E-state index contributed by atoms with van der Waals surface area (Å²) in [7, 11) is 0. The molecular weight excluding hydrogens is 268 g/mol. The molecule has 5 heteroatoms. The largest absolute Gasteiger partial charge is 0.309 e. The van der Waals surface area contributed by atoms with E-state index in [4.69, 9.17) is 0 Å². The molecule has 0 bridgehead atoms. The molecule has 0 saturated heterocycles. The molecule has 3 rings (SSSR count). The van der Waals surface area contributed by atoms with Gasteiger partial charge in [0, 0.05) is 30.1 Å². The van der Waals surface area contributed by atoms with Gasteiger partial charge < -0.3 is 5.32 Å². The summed E-state index contributed by atoms with van der Waals surface area (Å²) in [6.07, 6.45) is 2.89. The molecule has 0 radical (unpaired) electrons. The fraction of sp³-hybridized carbons (Fsp3) is 0.333. The van der Waals surface area contributed by atoms with E-state index in [2.05, 4.69) is 40.8 Å². The Morgan fingerprint density at radius 3 is 3.00 bits per heavy atom. The van der Waals surface area contributed by atoms with Crippen LogP contribution in [0, 0.1) is 6.92 Å². The zero-order valence-electron chi connectivity index (χ0n) is 11.7. The number of aryl methyl sites for hydroxylation is 1. The Morgan fingerprint density at radius 1 is 1.30 bits per heavy atom. The number of aromatic nitrogens is 3. The van der Waals surface area contributed by atoms with Gasteiger partial charge in [0.05, 0.1) is 0 Å². The number of rotatable bonds is 5. The Kier molecular flexibility index (Phi) is 3.80. The van der Waals surface area contributed by atoms with Gasteiger partial charge in [0.25, 0.3) is 0 Å². The Morgan fingerprint density at radius 2 is 2.20 bits per heavy atom. The fourth-order valence-electron chi connectivity index (χ4n) is 2.38. The molecule has 4 nitrogen and oxygen atoms in total. The molecule has 1 unspecified atom stereocenters. The van der Waals surface area contributed by atoms with Crippen LogP contribution in [0.1, 0.15) is 29.2 Å². The van der Waals surface area contributed by atoms with Crippen molar-refractivity contribution in [1.29, 1.82) is 0 Å². The van der Waals surface area contributed by atoms with Gasteiger partial charge in [-0.2, -0.15) is 0 Å². The Labute approximate surface area is 122 Å². The molecule has 3 aromatic heterocycles. The molecule has 3 heterocycles. The first-order chi connectivity index (χ1) is 9.75. The predicted octanol–water partition coefficient (Wildman–Crippen LogP) is 2.99. The maximum atomic E-state index is 4.25. The normalized spacial score (nSPS) is 12.9. The van der Waals surface area contributed by atoms with Crippen molar-refractivity contribution in [2.75, 3.05) is 6.54 Å². The van der Waals surface area contributed by atoms with Gasteiger partial charge in [-0.05, 0) is 43.0 Å². The Balaban J connectivity index is 1.61. The highest BCUT2D eigenvalue weighted by atomic mass is 32.1. The summed E-state index contributed by atoms with van der Waals surface area (Å²) in [5.74, 6) is 1.00. The molecular formula is C15H18N4S. The van der Waals surface area contributed by atoms with E-state index in [1.165, 1.54) is 10.4 Å². The molecule has 0 spiro atoms. The van der Waals surface area contributed by atoms with Crippen LogP contribution in [0.25, 0.3) is 5.65 Å². The van der Waals surface area contributed by atoms with Gasteiger partial charge in [-0.15, -0.1) is 21.5 Å². The third-order valence-electron chi connectivity index (χ3n) is 3.48. The summed E-state index contributed by atoms with van der Waals surface area (Å²) in [6, 6.07) is 8.51. The quantitative estimate of drug-likeness (QED) is 0.784. The van der Waals surface area contributed by atoms with Crippen molar-refractivity contribution in [3.8, 4) is 0 Å². The molecule has 20 heavy (non-hydrogen) atoms. The molecule has 0 aliphatic rings. The van der Waals surface area contributed by atoms with E-state index >= 15 is 0 Å². The van der Waals surface area contributed by atoms with Gasteiger partial charge in [0.15, 0.2) is 5.65 Å². The second kappa shape index (κ2) is 5.73. The lowest BCUT2D eigenvalue weighted by atomic mass is 10.2. The van der Waals surface area contributed by atoms with Crippen LogP contribution in [0.4, 0.5) is 0 Å². The van der Waals surface area contributed by atoms with Gasteiger partial charge in [-0.1, -0.05) is 6.07 Å². The number of pyridine rings is 1. The molecule has 0 aliphatic carbocycles. The molecule has 0 fully saturated rings. The summed E-state index contributed by atoms with van der Waals surface area (Å²) in [6.45, 7) is 5.27. The van der Waals surface area contributed by atoms with Crippen LogP contribution in [-0.4, -0.2) is 21.1 Å². The lowest BCUT2D eigenvalue weighted by Crippen LogP contribution is -2.21. The third-order valence-corrected chi connectivity index (χ3v) is 4.68. The first kappa shape index (κ1) is 13.3. The minimum atomic E-state index is 0.384. The van der Waals surface area contributed by atoms with E-state index in [1.807, 2.05) is 40.1 Å². The number of hydrogen-bond donors (Lipinski definition) is 1. The summed E-state index contributed by atoms with van der Waals surface area (Å²) < 4.78 is 2.04. The van der Waals surface area contributed by atoms with E-state index in [-0.39, 0.29) is 0 Å². The minimum absolute atomic E-state index is 0.384. The Bertz CT molecular complexity index is 701.